The minimum absolute atomic E-state index is 0.0430. The monoisotopic (exact) mass is 270 g/mol. The first-order valence-electron chi connectivity index (χ1n) is 7.46. The summed E-state index contributed by atoms with van der Waals surface area (Å²) in [6.45, 7) is 4.03. The largest absolute Gasteiger partial charge is 0.381 e. The predicted octanol–water partition coefficient (Wildman–Crippen LogP) is 3.83. The first kappa shape index (κ1) is 14.4. The van der Waals surface area contributed by atoms with Crippen LogP contribution in [0, 0.1) is 5.92 Å². The van der Waals surface area contributed by atoms with Gasteiger partial charge in [0.15, 0.2) is 0 Å². The van der Waals surface area contributed by atoms with Crippen molar-refractivity contribution in [2.75, 3.05) is 19.0 Å². The van der Waals surface area contributed by atoms with Crippen molar-refractivity contribution in [3.63, 3.8) is 0 Å². The molecule has 0 amide bonds. The zero-order chi connectivity index (χ0) is 12.8. The quantitative estimate of drug-likeness (QED) is 0.686. The van der Waals surface area contributed by atoms with Gasteiger partial charge in [0.05, 0.1) is 4.75 Å². The maximum atomic E-state index is 12.2. The molecule has 0 aromatic heterocycles. The van der Waals surface area contributed by atoms with Crippen LogP contribution in [0.15, 0.2) is 0 Å². The lowest BCUT2D eigenvalue weighted by molar-refractivity contribution is -0.121. The number of Topliss-reactive ketones (excluding diaryl/α,β-unsaturated/α-hetero) is 1. The third-order valence-electron chi connectivity index (χ3n) is 4.42. The van der Waals surface area contributed by atoms with Crippen LogP contribution in [0.2, 0.25) is 0 Å². The van der Waals surface area contributed by atoms with E-state index in [1.807, 2.05) is 11.8 Å². The second kappa shape index (κ2) is 6.95. The van der Waals surface area contributed by atoms with Gasteiger partial charge in [0.2, 0.25) is 0 Å². The molecule has 0 bridgehead atoms. The molecular weight excluding hydrogens is 244 g/mol. The number of thioether (sulfide) groups is 1. The molecule has 2 nitrogen and oxygen atoms in total. The molecule has 1 atom stereocenters. The highest BCUT2D eigenvalue weighted by Crippen LogP contribution is 2.39. The van der Waals surface area contributed by atoms with E-state index < -0.39 is 0 Å². The molecule has 104 valence electrons. The van der Waals surface area contributed by atoms with Gasteiger partial charge in [0.25, 0.3) is 0 Å². The van der Waals surface area contributed by atoms with Crippen molar-refractivity contribution < 1.29 is 9.53 Å². The zero-order valence-electron chi connectivity index (χ0n) is 11.6. The second-order valence-corrected chi connectivity index (χ2v) is 7.51. The van der Waals surface area contributed by atoms with Gasteiger partial charge >= 0.3 is 0 Å². The Bertz CT molecular complexity index is 266. The van der Waals surface area contributed by atoms with Crippen LogP contribution in [0.4, 0.5) is 0 Å². The van der Waals surface area contributed by atoms with E-state index in [0.717, 1.165) is 38.4 Å². The maximum absolute atomic E-state index is 12.2. The Labute approximate surface area is 115 Å². The van der Waals surface area contributed by atoms with E-state index in [4.69, 9.17) is 4.74 Å². The molecule has 0 aliphatic carbocycles. The van der Waals surface area contributed by atoms with Crippen molar-refractivity contribution >= 4 is 17.5 Å². The number of ketones is 1. The molecule has 1 unspecified atom stereocenters. The van der Waals surface area contributed by atoms with Crippen molar-refractivity contribution in [1.82, 2.24) is 0 Å². The van der Waals surface area contributed by atoms with Crippen LogP contribution >= 0.6 is 11.8 Å². The number of hydrogen-bond donors (Lipinski definition) is 0. The van der Waals surface area contributed by atoms with Crippen molar-refractivity contribution in [3.8, 4) is 0 Å². The van der Waals surface area contributed by atoms with Gasteiger partial charge in [-0.3, -0.25) is 4.79 Å². The van der Waals surface area contributed by atoms with Crippen molar-refractivity contribution in [2.24, 2.45) is 5.92 Å². The molecule has 2 rings (SSSR count). The number of unbranched alkanes of at least 4 members (excludes halogenated alkanes) is 1. The third-order valence-corrected chi connectivity index (χ3v) is 5.98. The van der Waals surface area contributed by atoms with E-state index in [-0.39, 0.29) is 4.75 Å². The molecule has 18 heavy (non-hydrogen) atoms. The van der Waals surface area contributed by atoms with Gasteiger partial charge in [-0.25, -0.2) is 0 Å². The highest BCUT2D eigenvalue weighted by Gasteiger charge is 2.35. The smallest absolute Gasteiger partial charge is 0.148 e. The average Bonchev–Trinajstić information content (AvgIpc) is 2.84. The first-order chi connectivity index (χ1) is 8.71. The fourth-order valence-electron chi connectivity index (χ4n) is 3.02. The molecule has 2 aliphatic heterocycles. The van der Waals surface area contributed by atoms with Crippen LogP contribution in [-0.2, 0) is 9.53 Å². The molecule has 2 heterocycles. The van der Waals surface area contributed by atoms with Crippen LogP contribution in [-0.4, -0.2) is 29.5 Å². The SMILES string of the molecule is CC1(C(=O)CCCCC2CCOCC2)CCCS1. The Balaban J connectivity index is 1.58. The van der Waals surface area contributed by atoms with Gasteiger partial charge in [-0.2, -0.15) is 0 Å². The molecule has 2 aliphatic rings. The number of hydrogen-bond acceptors (Lipinski definition) is 3. The van der Waals surface area contributed by atoms with Crippen LogP contribution in [0.3, 0.4) is 0 Å². The molecule has 0 spiro atoms. The average molecular weight is 270 g/mol. The lowest BCUT2D eigenvalue weighted by Crippen LogP contribution is -2.28. The summed E-state index contributed by atoms with van der Waals surface area (Å²) in [5, 5.41) is 0. The third kappa shape index (κ3) is 3.99. The normalized spacial score (nSPS) is 29.6. The van der Waals surface area contributed by atoms with Gasteiger partial charge in [-0.15, -0.1) is 11.8 Å². The number of carbonyl (C=O) groups excluding carboxylic acids is 1. The minimum Gasteiger partial charge on any atom is -0.381 e. The second-order valence-electron chi connectivity index (χ2n) is 5.91. The van der Waals surface area contributed by atoms with Crippen LogP contribution in [0.1, 0.15) is 58.3 Å². The number of ether oxygens (including phenoxy) is 1. The highest BCUT2D eigenvalue weighted by molar-refractivity contribution is 8.01. The number of rotatable bonds is 6. The summed E-state index contributed by atoms with van der Waals surface area (Å²) in [7, 11) is 0. The molecule has 0 radical (unpaired) electrons. The number of carbonyl (C=O) groups is 1. The topological polar surface area (TPSA) is 26.3 Å². The maximum Gasteiger partial charge on any atom is 0.148 e. The molecule has 2 fully saturated rings. The van der Waals surface area contributed by atoms with Crippen LogP contribution < -0.4 is 0 Å². The summed E-state index contributed by atoms with van der Waals surface area (Å²) in [5.74, 6) is 2.52. The summed E-state index contributed by atoms with van der Waals surface area (Å²) in [6.07, 6.45) is 9.16. The van der Waals surface area contributed by atoms with Crippen molar-refractivity contribution in [1.29, 1.82) is 0 Å². The van der Waals surface area contributed by atoms with Crippen molar-refractivity contribution in [3.05, 3.63) is 0 Å². The predicted molar refractivity (Wildman–Crippen MR) is 77.1 cm³/mol. The molecule has 0 aromatic carbocycles. The standard InChI is InChI=1S/C15H26O2S/c1-15(9-4-12-18-15)14(16)6-3-2-5-13-7-10-17-11-8-13/h13H,2-12H2,1H3. The molecule has 3 heteroatoms. The minimum atomic E-state index is -0.0430. The summed E-state index contributed by atoms with van der Waals surface area (Å²) in [6, 6.07) is 0. The van der Waals surface area contributed by atoms with E-state index in [1.165, 1.54) is 37.9 Å². The van der Waals surface area contributed by atoms with Gasteiger partial charge in [-0.05, 0) is 50.7 Å². The van der Waals surface area contributed by atoms with Crippen LogP contribution in [0.5, 0.6) is 0 Å². The Morgan fingerprint density at radius 3 is 2.78 bits per heavy atom. The summed E-state index contributed by atoms with van der Waals surface area (Å²) in [5.41, 5.74) is 0. The van der Waals surface area contributed by atoms with E-state index in [2.05, 4.69) is 6.92 Å². The zero-order valence-corrected chi connectivity index (χ0v) is 12.4. The summed E-state index contributed by atoms with van der Waals surface area (Å²) < 4.78 is 5.33. The van der Waals surface area contributed by atoms with E-state index in [9.17, 15) is 4.79 Å². The van der Waals surface area contributed by atoms with Gasteiger partial charge in [0.1, 0.15) is 5.78 Å². The van der Waals surface area contributed by atoms with E-state index in [0.29, 0.717) is 5.78 Å². The lowest BCUT2D eigenvalue weighted by Gasteiger charge is -2.23. The molecule has 0 N–H and O–H groups in total. The molecule has 0 aromatic rings. The fourth-order valence-corrected chi connectivity index (χ4v) is 4.31. The lowest BCUT2D eigenvalue weighted by atomic mass is 9.91. The Hall–Kier alpha value is -0.0200. The summed E-state index contributed by atoms with van der Waals surface area (Å²) in [4.78, 5) is 12.2. The van der Waals surface area contributed by atoms with Gasteiger partial charge in [-0.1, -0.05) is 12.8 Å². The van der Waals surface area contributed by atoms with Crippen LogP contribution in [0.25, 0.3) is 0 Å². The van der Waals surface area contributed by atoms with Gasteiger partial charge in [0, 0.05) is 19.6 Å². The summed E-state index contributed by atoms with van der Waals surface area (Å²) >= 11 is 1.87. The molecule has 0 saturated carbocycles. The Morgan fingerprint density at radius 1 is 1.33 bits per heavy atom. The molecular formula is C15H26O2S. The Morgan fingerprint density at radius 2 is 2.11 bits per heavy atom. The first-order valence-corrected chi connectivity index (χ1v) is 8.44. The van der Waals surface area contributed by atoms with E-state index >= 15 is 0 Å². The van der Waals surface area contributed by atoms with Crippen molar-refractivity contribution in [2.45, 2.75) is 63.0 Å². The highest BCUT2D eigenvalue weighted by atomic mass is 32.2. The fraction of sp³-hybridized carbons (Fsp3) is 0.933. The van der Waals surface area contributed by atoms with Gasteiger partial charge < -0.3 is 4.74 Å². The molecule has 2 saturated heterocycles. The van der Waals surface area contributed by atoms with E-state index in [1.54, 1.807) is 0 Å². The Kier molecular flexibility index (Phi) is 5.56.